The summed E-state index contributed by atoms with van der Waals surface area (Å²) in [5.74, 6) is -0.0807. The van der Waals surface area contributed by atoms with Crippen LogP contribution in [0, 0.1) is 5.82 Å². The molecule has 2 rings (SSSR count). The van der Waals surface area contributed by atoms with E-state index in [0.29, 0.717) is 11.6 Å². The summed E-state index contributed by atoms with van der Waals surface area (Å²) in [6, 6.07) is 9.39. The normalized spacial score (nSPS) is 10.0. The lowest BCUT2D eigenvalue weighted by Crippen LogP contribution is -2.15. The largest absolute Gasteiger partial charge is 0.490 e. The average molecular weight is 290 g/mol. The van der Waals surface area contributed by atoms with Gasteiger partial charge >= 0.3 is 0 Å². The number of para-hydroxylation sites is 1. The van der Waals surface area contributed by atoms with E-state index < -0.39 is 5.82 Å². The van der Waals surface area contributed by atoms with Crippen molar-refractivity contribution < 1.29 is 18.7 Å². The van der Waals surface area contributed by atoms with Gasteiger partial charge in [0.05, 0.1) is 32.0 Å². The molecule has 5 nitrogen and oxygen atoms in total. The number of anilines is 1. The van der Waals surface area contributed by atoms with Crippen molar-refractivity contribution in [3.63, 3.8) is 0 Å². The number of hydrogen-bond donors (Lipinski definition) is 1. The number of methoxy groups -OCH3 is 1. The van der Waals surface area contributed by atoms with Crippen LogP contribution < -0.4 is 14.8 Å². The Morgan fingerprint density at radius 1 is 1.29 bits per heavy atom. The smallest absolute Gasteiger partial charge is 0.227 e. The Hall–Kier alpha value is -2.63. The van der Waals surface area contributed by atoms with E-state index in [2.05, 4.69) is 10.3 Å². The van der Waals surface area contributed by atoms with E-state index in [1.807, 2.05) is 0 Å². The third-order valence-corrected chi connectivity index (χ3v) is 2.65. The molecular formula is C15H15FN2O3. The zero-order valence-corrected chi connectivity index (χ0v) is 11.5. The number of hydrogen-bond acceptors (Lipinski definition) is 4. The molecule has 0 fully saturated rings. The highest BCUT2D eigenvalue weighted by Crippen LogP contribution is 2.15. The molecule has 1 amide bonds. The molecule has 21 heavy (non-hydrogen) atoms. The minimum absolute atomic E-state index is 0.0936. The molecule has 0 aliphatic heterocycles. The molecule has 0 saturated heterocycles. The number of benzene rings is 1. The maximum absolute atomic E-state index is 13.3. The first kappa shape index (κ1) is 14.8. The zero-order chi connectivity index (χ0) is 15.1. The molecule has 0 atom stereocenters. The van der Waals surface area contributed by atoms with Crippen molar-refractivity contribution in [1.82, 2.24) is 4.98 Å². The van der Waals surface area contributed by atoms with Crippen LogP contribution in [0.1, 0.15) is 6.42 Å². The van der Waals surface area contributed by atoms with E-state index in [1.54, 1.807) is 24.3 Å². The molecule has 1 N–H and O–H groups in total. The monoisotopic (exact) mass is 290 g/mol. The first-order valence-corrected chi connectivity index (χ1v) is 6.36. The Bertz CT molecular complexity index is 602. The zero-order valence-electron chi connectivity index (χ0n) is 11.5. The number of halogens is 1. The number of carbonyl (C=O) groups is 1. The Kier molecular flexibility index (Phi) is 5.09. The van der Waals surface area contributed by atoms with Crippen LogP contribution in [-0.2, 0) is 4.79 Å². The fourth-order valence-corrected chi connectivity index (χ4v) is 1.61. The highest BCUT2D eigenvalue weighted by atomic mass is 19.1. The van der Waals surface area contributed by atoms with Crippen LogP contribution in [0.15, 0.2) is 42.6 Å². The summed E-state index contributed by atoms with van der Waals surface area (Å²) in [4.78, 5) is 15.7. The van der Waals surface area contributed by atoms with Gasteiger partial charge in [0.1, 0.15) is 0 Å². The second kappa shape index (κ2) is 7.23. The molecule has 1 aromatic heterocycles. The SMILES string of the molecule is COc1ccc(NC(=O)CCOc2ccccc2F)cn1. The van der Waals surface area contributed by atoms with Gasteiger partial charge in [0.2, 0.25) is 11.8 Å². The Balaban J connectivity index is 1.78. The number of nitrogens with zero attached hydrogens (tertiary/aromatic N) is 1. The van der Waals surface area contributed by atoms with Crippen LogP contribution in [0.25, 0.3) is 0 Å². The number of nitrogens with one attached hydrogen (secondary N) is 1. The van der Waals surface area contributed by atoms with E-state index in [9.17, 15) is 9.18 Å². The summed E-state index contributed by atoms with van der Waals surface area (Å²) >= 11 is 0. The highest BCUT2D eigenvalue weighted by Gasteiger charge is 2.06. The Morgan fingerprint density at radius 2 is 2.10 bits per heavy atom. The molecule has 0 bridgehead atoms. The molecule has 1 heterocycles. The van der Waals surface area contributed by atoms with Crippen molar-refractivity contribution in [1.29, 1.82) is 0 Å². The lowest BCUT2D eigenvalue weighted by Gasteiger charge is -2.08. The van der Waals surface area contributed by atoms with Gasteiger partial charge in [-0.25, -0.2) is 9.37 Å². The molecule has 0 spiro atoms. The number of aromatic nitrogens is 1. The van der Waals surface area contributed by atoms with Crippen LogP contribution in [-0.4, -0.2) is 24.6 Å². The molecule has 2 aromatic rings. The van der Waals surface area contributed by atoms with Gasteiger partial charge in [-0.05, 0) is 18.2 Å². The maximum atomic E-state index is 13.3. The summed E-state index contributed by atoms with van der Waals surface area (Å²) in [6.07, 6.45) is 1.61. The molecule has 6 heteroatoms. The molecular weight excluding hydrogens is 275 g/mol. The molecule has 0 aliphatic rings. The van der Waals surface area contributed by atoms with Gasteiger partial charge in [0, 0.05) is 6.07 Å². The standard InChI is InChI=1S/C15H15FN2O3/c1-20-15-7-6-11(10-17-15)18-14(19)8-9-21-13-5-3-2-4-12(13)16/h2-7,10H,8-9H2,1H3,(H,18,19). The fourth-order valence-electron chi connectivity index (χ4n) is 1.61. The number of carbonyl (C=O) groups excluding carboxylic acids is 1. The summed E-state index contributed by atoms with van der Waals surface area (Å²) in [6.45, 7) is 0.0936. The summed E-state index contributed by atoms with van der Waals surface area (Å²) in [5.41, 5.74) is 0.562. The van der Waals surface area contributed by atoms with E-state index in [0.717, 1.165) is 0 Å². The van der Waals surface area contributed by atoms with Crippen LogP contribution in [0.2, 0.25) is 0 Å². The van der Waals surface area contributed by atoms with Gasteiger partial charge in [-0.1, -0.05) is 12.1 Å². The van der Waals surface area contributed by atoms with E-state index in [4.69, 9.17) is 9.47 Å². The van der Waals surface area contributed by atoms with Crippen molar-refractivity contribution in [3.8, 4) is 11.6 Å². The molecule has 0 aliphatic carbocycles. The Labute approximate surface area is 121 Å². The van der Waals surface area contributed by atoms with Gasteiger partial charge in [-0.15, -0.1) is 0 Å². The topological polar surface area (TPSA) is 60.5 Å². The van der Waals surface area contributed by atoms with Crippen molar-refractivity contribution in [3.05, 3.63) is 48.4 Å². The summed E-state index contributed by atoms with van der Waals surface area (Å²) < 4.78 is 23.4. The third-order valence-electron chi connectivity index (χ3n) is 2.65. The van der Waals surface area contributed by atoms with Gasteiger partial charge in [0.25, 0.3) is 0 Å². The number of rotatable bonds is 6. The van der Waals surface area contributed by atoms with Crippen molar-refractivity contribution in [2.24, 2.45) is 0 Å². The van der Waals surface area contributed by atoms with Gasteiger partial charge in [0.15, 0.2) is 11.6 Å². The molecule has 110 valence electrons. The van der Waals surface area contributed by atoms with E-state index in [-0.39, 0.29) is 24.7 Å². The molecule has 0 unspecified atom stereocenters. The lowest BCUT2D eigenvalue weighted by atomic mass is 10.3. The van der Waals surface area contributed by atoms with Crippen LogP contribution in [0.5, 0.6) is 11.6 Å². The summed E-state index contributed by atoms with van der Waals surface area (Å²) in [7, 11) is 1.51. The van der Waals surface area contributed by atoms with Crippen molar-refractivity contribution in [2.75, 3.05) is 19.0 Å². The Morgan fingerprint density at radius 3 is 2.76 bits per heavy atom. The number of pyridine rings is 1. The average Bonchev–Trinajstić information content (AvgIpc) is 2.50. The summed E-state index contributed by atoms with van der Waals surface area (Å²) in [5, 5.41) is 2.66. The second-order valence-electron chi connectivity index (χ2n) is 4.17. The number of ether oxygens (including phenoxy) is 2. The highest BCUT2D eigenvalue weighted by molar-refractivity contribution is 5.90. The first-order chi connectivity index (χ1) is 10.2. The number of amides is 1. The van der Waals surface area contributed by atoms with Gasteiger partial charge in [-0.3, -0.25) is 4.79 Å². The van der Waals surface area contributed by atoms with Gasteiger partial charge < -0.3 is 14.8 Å². The predicted molar refractivity (Wildman–Crippen MR) is 75.9 cm³/mol. The van der Waals surface area contributed by atoms with E-state index in [1.165, 1.54) is 25.4 Å². The molecule has 1 aromatic carbocycles. The van der Waals surface area contributed by atoms with Crippen molar-refractivity contribution >= 4 is 11.6 Å². The fraction of sp³-hybridized carbons (Fsp3) is 0.200. The van der Waals surface area contributed by atoms with Crippen LogP contribution in [0.3, 0.4) is 0 Å². The second-order valence-corrected chi connectivity index (χ2v) is 4.17. The minimum atomic E-state index is -0.447. The predicted octanol–water partition coefficient (Wildman–Crippen LogP) is 2.64. The third kappa shape index (κ3) is 4.45. The van der Waals surface area contributed by atoms with Gasteiger partial charge in [-0.2, -0.15) is 0 Å². The van der Waals surface area contributed by atoms with Crippen LogP contribution in [0.4, 0.5) is 10.1 Å². The maximum Gasteiger partial charge on any atom is 0.227 e. The first-order valence-electron chi connectivity index (χ1n) is 6.36. The van der Waals surface area contributed by atoms with E-state index >= 15 is 0 Å². The lowest BCUT2D eigenvalue weighted by molar-refractivity contribution is -0.116. The molecule has 0 radical (unpaired) electrons. The molecule has 0 saturated carbocycles. The van der Waals surface area contributed by atoms with Crippen molar-refractivity contribution in [2.45, 2.75) is 6.42 Å². The van der Waals surface area contributed by atoms with Crippen LogP contribution >= 0.6 is 0 Å². The minimum Gasteiger partial charge on any atom is -0.490 e. The quantitative estimate of drug-likeness (QED) is 0.888.